The van der Waals surface area contributed by atoms with Gasteiger partial charge in [0.1, 0.15) is 17.7 Å². The summed E-state index contributed by atoms with van der Waals surface area (Å²) in [6.07, 6.45) is 0.467. The number of hydrogen-bond donors (Lipinski definition) is 3. The second-order valence-corrected chi connectivity index (χ2v) is 12.8. The monoisotopic (exact) mass is 594 g/mol. The van der Waals surface area contributed by atoms with Crippen LogP contribution in [0.4, 0.5) is 10.5 Å². The standard InChI is InChI=1S/C34H50N4O5/c1-21(2)14-17-25(6)38(32(41)28(18-19-29(35)39)37-33(42)43-34(7,8)9)30(26-20-22(3)15-16-23(26)4)31(40)36-27-13-11-10-12-24(27)5/h10-13,15-16,20-21,25,28,30H,14,17-19H2,1-9H3,(H2,35,39)(H,36,40)(H,37,42). The van der Waals surface area contributed by atoms with E-state index in [-0.39, 0.29) is 24.8 Å². The highest BCUT2D eigenvalue weighted by molar-refractivity contribution is 5.99. The van der Waals surface area contributed by atoms with Gasteiger partial charge in [-0.15, -0.1) is 0 Å². The zero-order chi connectivity index (χ0) is 32.5. The van der Waals surface area contributed by atoms with E-state index in [1.807, 2.05) is 70.2 Å². The Hall–Kier alpha value is -3.88. The lowest BCUT2D eigenvalue weighted by atomic mass is 9.93. The Kier molecular flexibility index (Phi) is 12.8. The van der Waals surface area contributed by atoms with Gasteiger partial charge in [-0.1, -0.05) is 55.8 Å². The number of benzene rings is 2. The summed E-state index contributed by atoms with van der Waals surface area (Å²) in [6, 6.07) is 10.7. The van der Waals surface area contributed by atoms with Crippen molar-refractivity contribution in [2.75, 3.05) is 5.32 Å². The summed E-state index contributed by atoms with van der Waals surface area (Å²) in [4.78, 5) is 55.2. The SMILES string of the molecule is Cc1ccc(C)c(C(C(=O)Nc2ccccc2C)N(C(=O)C(CCC(N)=O)NC(=O)OC(C)(C)C)C(C)CCC(C)C)c1. The van der Waals surface area contributed by atoms with Crippen LogP contribution in [0.25, 0.3) is 0 Å². The summed E-state index contributed by atoms with van der Waals surface area (Å²) in [6.45, 7) is 17.0. The van der Waals surface area contributed by atoms with Crippen LogP contribution in [-0.2, 0) is 19.1 Å². The maximum Gasteiger partial charge on any atom is 0.408 e. The van der Waals surface area contributed by atoms with Crippen LogP contribution in [0.3, 0.4) is 0 Å². The zero-order valence-corrected chi connectivity index (χ0v) is 27.2. The van der Waals surface area contributed by atoms with Gasteiger partial charge in [-0.25, -0.2) is 4.79 Å². The number of para-hydroxylation sites is 1. The van der Waals surface area contributed by atoms with Crippen molar-refractivity contribution in [1.82, 2.24) is 10.2 Å². The van der Waals surface area contributed by atoms with Crippen molar-refractivity contribution in [1.29, 1.82) is 0 Å². The van der Waals surface area contributed by atoms with Crippen molar-refractivity contribution in [3.63, 3.8) is 0 Å². The van der Waals surface area contributed by atoms with Crippen LogP contribution >= 0.6 is 0 Å². The molecule has 2 rings (SSSR count). The molecule has 0 bridgehead atoms. The van der Waals surface area contributed by atoms with Gasteiger partial charge in [-0.3, -0.25) is 14.4 Å². The molecule has 4 amide bonds. The molecule has 2 aromatic carbocycles. The van der Waals surface area contributed by atoms with E-state index < -0.39 is 35.6 Å². The molecule has 2 aromatic rings. The maximum absolute atomic E-state index is 14.6. The molecule has 236 valence electrons. The number of alkyl carbamates (subject to hydrolysis) is 1. The van der Waals surface area contributed by atoms with Crippen LogP contribution in [0.1, 0.15) is 95.5 Å². The number of rotatable bonds is 13. The Morgan fingerprint density at radius 2 is 1.56 bits per heavy atom. The van der Waals surface area contributed by atoms with Crippen molar-refractivity contribution < 1.29 is 23.9 Å². The fourth-order valence-corrected chi connectivity index (χ4v) is 4.87. The summed E-state index contributed by atoms with van der Waals surface area (Å²) in [5.41, 5.74) is 8.64. The third kappa shape index (κ3) is 11.0. The Morgan fingerprint density at radius 1 is 0.907 bits per heavy atom. The molecule has 0 aliphatic rings. The highest BCUT2D eigenvalue weighted by Gasteiger charge is 2.39. The Labute approximate surface area is 256 Å². The number of nitrogens with two attached hydrogens (primary N) is 1. The fourth-order valence-electron chi connectivity index (χ4n) is 4.87. The molecule has 4 N–H and O–H groups in total. The first-order chi connectivity index (χ1) is 20.0. The number of anilines is 1. The number of primary amides is 1. The second kappa shape index (κ2) is 15.5. The molecule has 9 nitrogen and oxygen atoms in total. The van der Waals surface area contributed by atoms with Gasteiger partial charge in [0.05, 0.1) is 0 Å². The first kappa shape index (κ1) is 35.3. The molecule has 3 unspecified atom stereocenters. The lowest BCUT2D eigenvalue weighted by Crippen LogP contribution is -2.55. The van der Waals surface area contributed by atoms with Gasteiger partial charge in [0.25, 0.3) is 5.91 Å². The molecule has 9 heteroatoms. The van der Waals surface area contributed by atoms with Gasteiger partial charge in [0, 0.05) is 18.2 Å². The van der Waals surface area contributed by atoms with Crippen LogP contribution in [0, 0.1) is 26.7 Å². The molecule has 0 spiro atoms. The van der Waals surface area contributed by atoms with Gasteiger partial charge >= 0.3 is 6.09 Å². The van der Waals surface area contributed by atoms with Crippen molar-refractivity contribution in [3.05, 3.63) is 64.7 Å². The lowest BCUT2D eigenvalue weighted by molar-refractivity contribution is -0.143. The van der Waals surface area contributed by atoms with E-state index in [9.17, 15) is 19.2 Å². The quantitative estimate of drug-likeness (QED) is 0.258. The normalized spacial score (nSPS) is 13.5. The molecule has 0 aliphatic heterocycles. The first-order valence-electron chi connectivity index (χ1n) is 15.0. The van der Waals surface area contributed by atoms with E-state index in [2.05, 4.69) is 24.5 Å². The van der Waals surface area contributed by atoms with E-state index in [1.165, 1.54) is 0 Å². The number of carbonyl (C=O) groups excluding carboxylic acids is 4. The summed E-state index contributed by atoms with van der Waals surface area (Å²) >= 11 is 0. The third-order valence-corrected chi connectivity index (χ3v) is 7.22. The number of hydrogen-bond acceptors (Lipinski definition) is 5. The number of nitrogens with one attached hydrogen (secondary N) is 2. The van der Waals surface area contributed by atoms with Gasteiger partial charge in [-0.05, 0) is 96.4 Å². The average molecular weight is 595 g/mol. The number of aryl methyl sites for hydroxylation is 3. The number of amides is 4. The van der Waals surface area contributed by atoms with Gasteiger partial charge < -0.3 is 26.0 Å². The highest BCUT2D eigenvalue weighted by Crippen LogP contribution is 2.32. The predicted octanol–water partition coefficient (Wildman–Crippen LogP) is 6.10. The largest absolute Gasteiger partial charge is 0.444 e. The minimum absolute atomic E-state index is 0.0419. The smallest absolute Gasteiger partial charge is 0.408 e. The first-order valence-corrected chi connectivity index (χ1v) is 15.0. The van der Waals surface area contributed by atoms with Crippen molar-refractivity contribution in [2.45, 2.75) is 112 Å². The molecular weight excluding hydrogens is 544 g/mol. The average Bonchev–Trinajstić information content (AvgIpc) is 2.89. The highest BCUT2D eigenvalue weighted by atomic mass is 16.6. The van der Waals surface area contributed by atoms with Gasteiger partial charge in [0.2, 0.25) is 11.8 Å². The number of ether oxygens (including phenoxy) is 1. The summed E-state index contributed by atoms with van der Waals surface area (Å²) < 4.78 is 5.45. The van der Waals surface area contributed by atoms with Crippen LogP contribution in [0.5, 0.6) is 0 Å². The third-order valence-electron chi connectivity index (χ3n) is 7.22. The summed E-state index contributed by atoms with van der Waals surface area (Å²) in [5.74, 6) is -1.11. The molecule has 0 saturated carbocycles. The number of nitrogens with zero attached hydrogens (tertiary/aromatic N) is 1. The van der Waals surface area contributed by atoms with E-state index in [0.29, 0.717) is 23.6 Å². The molecule has 3 atom stereocenters. The van der Waals surface area contributed by atoms with E-state index in [0.717, 1.165) is 23.1 Å². The minimum Gasteiger partial charge on any atom is -0.444 e. The Morgan fingerprint density at radius 3 is 2.14 bits per heavy atom. The van der Waals surface area contributed by atoms with Crippen LogP contribution in [-0.4, -0.2) is 46.4 Å². The van der Waals surface area contributed by atoms with Crippen molar-refractivity contribution >= 4 is 29.5 Å². The topological polar surface area (TPSA) is 131 Å². The molecule has 0 aromatic heterocycles. The number of carbonyl (C=O) groups is 4. The molecule has 0 aliphatic carbocycles. The molecule has 0 saturated heterocycles. The van der Waals surface area contributed by atoms with Gasteiger partial charge in [0.15, 0.2) is 0 Å². The zero-order valence-electron chi connectivity index (χ0n) is 27.2. The molecule has 0 heterocycles. The Balaban J connectivity index is 2.71. The van der Waals surface area contributed by atoms with E-state index >= 15 is 0 Å². The summed E-state index contributed by atoms with van der Waals surface area (Å²) in [7, 11) is 0. The molecular formula is C34H50N4O5. The predicted molar refractivity (Wildman–Crippen MR) is 170 cm³/mol. The van der Waals surface area contributed by atoms with Crippen LogP contribution in [0.2, 0.25) is 0 Å². The lowest BCUT2D eigenvalue weighted by Gasteiger charge is -2.39. The van der Waals surface area contributed by atoms with E-state index in [1.54, 1.807) is 25.7 Å². The Bertz CT molecular complexity index is 1280. The molecule has 43 heavy (non-hydrogen) atoms. The second-order valence-electron chi connectivity index (χ2n) is 12.8. The molecule has 0 radical (unpaired) electrons. The summed E-state index contributed by atoms with van der Waals surface area (Å²) in [5, 5.41) is 5.72. The van der Waals surface area contributed by atoms with Gasteiger partial charge in [-0.2, -0.15) is 0 Å². The van der Waals surface area contributed by atoms with Crippen LogP contribution < -0.4 is 16.4 Å². The van der Waals surface area contributed by atoms with Crippen LogP contribution in [0.15, 0.2) is 42.5 Å². The fraction of sp³-hybridized carbons (Fsp3) is 0.529. The minimum atomic E-state index is -1.15. The molecule has 0 fully saturated rings. The van der Waals surface area contributed by atoms with Crippen molar-refractivity contribution in [3.8, 4) is 0 Å². The van der Waals surface area contributed by atoms with E-state index in [4.69, 9.17) is 10.5 Å². The van der Waals surface area contributed by atoms with Crippen molar-refractivity contribution in [2.24, 2.45) is 11.7 Å². The maximum atomic E-state index is 14.6.